The number of nitrogens with zero attached hydrogens (tertiary/aromatic N) is 1. The summed E-state index contributed by atoms with van der Waals surface area (Å²) in [5, 5.41) is -0.0487. The molecule has 0 aliphatic carbocycles. The molecule has 0 saturated carbocycles. The Morgan fingerprint density at radius 1 is 1.16 bits per heavy atom. The molecule has 0 spiro atoms. The van der Waals surface area contributed by atoms with Gasteiger partial charge in [-0.1, -0.05) is 23.7 Å². The van der Waals surface area contributed by atoms with Crippen LogP contribution in [0.4, 0.5) is 13.2 Å². The Hall–Kier alpha value is -1.68. The van der Waals surface area contributed by atoms with Crippen LogP contribution in [0.3, 0.4) is 0 Å². The Balaban J connectivity index is 1.84. The molecule has 0 radical (unpaired) electrons. The van der Waals surface area contributed by atoms with Crippen LogP contribution in [0.1, 0.15) is 10.6 Å². The molecule has 0 amide bonds. The van der Waals surface area contributed by atoms with Crippen molar-refractivity contribution in [2.45, 2.75) is 17.6 Å². The predicted molar refractivity (Wildman–Crippen MR) is 90.1 cm³/mol. The summed E-state index contributed by atoms with van der Waals surface area (Å²) in [4.78, 5) is 3.76. The van der Waals surface area contributed by atoms with Crippen molar-refractivity contribution in [2.75, 3.05) is 0 Å². The summed E-state index contributed by atoms with van der Waals surface area (Å²) in [5.74, 6) is 0. The second-order valence-electron chi connectivity index (χ2n) is 5.04. The zero-order chi connectivity index (χ0) is 18.2. The highest BCUT2D eigenvalue weighted by atomic mass is 35.5. The molecule has 0 atom stereocenters. The highest BCUT2D eigenvalue weighted by Crippen LogP contribution is 2.36. The molecule has 0 aliphatic rings. The Morgan fingerprint density at radius 2 is 1.88 bits per heavy atom. The molecule has 132 valence electrons. The van der Waals surface area contributed by atoms with Crippen molar-refractivity contribution >= 4 is 43.2 Å². The van der Waals surface area contributed by atoms with Gasteiger partial charge < -0.3 is 0 Å². The molecule has 0 fully saturated rings. The number of alkyl halides is 3. The van der Waals surface area contributed by atoms with E-state index in [-0.39, 0.29) is 6.54 Å². The van der Waals surface area contributed by atoms with E-state index >= 15 is 0 Å². The minimum Gasteiger partial charge on any atom is -0.240 e. The standard InChI is InChI=1S/C15H10ClF3N2O2S2/c16-11-6-5-9(7-10(11)15(17,18)19)25(22,23)20-8-14-21-12-3-1-2-4-13(12)24-14/h1-7,20H,8H2. The third kappa shape index (κ3) is 3.95. The second kappa shape index (κ2) is 6.56. The highest BCUT2D eigenvalue weighted by molar-refractivity contribution is 7.89. The van der Waals surface area contributed by atoms with Gasteiger partial charge in [-0.25, -0.2) is 18.1 Å². The van der Waals surface area contributed by atoms with Crippen LogP contribution in [0.2, 0.25) is 5.02 Å². The van der Waals surface area contributed by atoms with Gasteiger partial charge in [-0.15, -0.1) is 11.3 Å². The molecule has 1 heterocycles. The van der Waals surface area contributed by atoms with E-state index in [0.717, 1.165) is 22.3 Å². The third-order valence-electron chi connectivity index (χ3n) is 3.31. The molecule has 4 nitrogen and oxygen atoms in total. The largest absolute Gasteiger partial charge is 0.417 e. The predicted octanol–water partition coefficient (Wildman–Crippen LogP) is 4.45. The second-order valence-corrected chi connectivity index (χ2v) is 8.33. The fraction of sp³-hybridized carbons (Fsp3) is 0.133. The number of hydrogen-bond acceptors (Lipinski definition) is 4. The van der Waals surface area contributed by atoms with Crippen LogP contribution in [-0.4, -0.2) is 13.4 Å². The summed E-state index contributed by atoms with van der Waals surface area (Å²) in [6.07, 6.45) is -4.74. The Kier molecular flexibility index (Phi) is 4.76. The maximum atomic E-state index is 12.9. The van der Waals surface area contributed by atoms with Gasteiger partial charge in [-0.2, -0.15) is 13.2 Å². The fourth-order valence-electron chi connectivity index (χ4n) is 2.12. The van der Waals surface area contributed by atoms with Crippen LogP contribution < -0.4 is 4.72 Å². The zero-order valence-corrected chi connectivity index (χ0v) is 14.7. The van der Waals surface area contributed by atoms with Crippen molar-refractivity contribution in [1.29, 1.82) is 0 Å². The number of hydrogen-bond donors (Lipinski definition) is 1. The number of fused-ring (bicyclic) bond motifs is 1. The summed E-state index contributed by atoms with van der Waals surface area (Å²) in [5.41, 5.74) is -0.468. The molecule has 3 aromatic rings. The van der Waals surface area contributed by atoms with Gasteiger partial charge in [0, 0.05) is 0 Å². The molecular formula is C15H10ClF3N2O2S2. The van der Waals surface area contributed by atoms with Crippen LogP contribution in [0.5, 0.6) is 0 Å². The van der Waals surface area contributed by atoms with Crippen molar-refractivity contribution in [3.05, 3.63) is 58.1 Å². The number of benzene rings is 2. The van der Waals surface area contributed by atoms with Crippen LogP contribution in [0, 0.1) is 0 Å². The van der Waals surface area contributed by atoms with Crippen LogP contribution >= 0.6 is 22.9 Å². The molecule has 2 aromatic carbocycles. The van der Waals surface area contributed by atoms with Gasteiger partial charge in [0.25, 0.3) is 0 Å². The first-order valence-corrected chi connectivity index (χ1v) is 9.55. The molecular weight excluding hydrogens is 397 g/mol. The molecule has 1 N–H and O–H groups in total. The van der Waals surface area contributed by atoms with E-state index in [1.54, 1.807) is 6.07 Å². The van der Waals surface area contributed by atoms with E-state index in [2.05, 4.69) is 9.71 Å². The lowest BCUT2D eigenvalue weighted by molar-refractivity contribution is -0.137. The fourth-order valence-corrected chi connectivity index (χ4v) is 4.36. The summed E-state index contributed by atoms with van der Waals surface area (Å²) < 4.78 is 66.3. The van der Waals surface area contributed by atoms with E-state index < -0.39 is 31.7 Å². The number of thiazole rings is 1. The van der Waals surface area contributed by atoms with Crippen molar-refractivity contribution in [3.63, 3.8) is 0 Å². The minimum absolute atomic E-state index is 0.119. The maximum Gasteiger partial charge on any atom is 0.417 e. The SMILES string of the molecule is O=S(=O)(NCc1nc2ccccc2s1)c1ccc(Cl)c(C(F)(F)F)c1. The number of halogens is 4. The smallest absolute Gasteiger partial charge is 0.240 e. The Bertz CT molecular complexity index is 1000. The summed E-state index contributed by atoms with van der Waals surface area (Å²) >= 11 is 6.81. The lowest BCUT2D eigenvalue weighted by atomic mass is 10.2. The minimum atomic E-state index is -4.74. The monoisotopic (exact) mass is 406 g/mol. The highest BCUT2D eigenvalue weighted by Gasteiger charge is 2.34. The number of para-hydroxylation sites is 1. The normalized spacial score (nSPS) is 12.6. The molecule has 1 aromatic heterocycles. The summed E-state index contributed by atoms with van der Waals surface area (Å²) in [7, 11) is -4.14. The van der Waals surface area contributed by atoms with Gasteiger partial charge in [0.05, 0.1) is 32.2 Å². The van der Waals surface area contributed by atoms with Gasteiger partial charge in [0.1, 0.15) is 5.01 Å². The topological polar surface area (TPSA) is 59.1 Å². The van der Waals surface area contributed by atoms with E-state index in [1.807, 2.05) is 18.2 Å². The first-order chi connectivity index (χ1) is 11.7. The van der Waals surface area contributed by atoms with E-state index in [9.17, 15) is 21.6 Å². The van der Waals surface area contributed by atoms with Gasteiger partial charge in [-0.3, -0.25) is 0 Å². The Labute approximate surface area is 150 Å². The number of rotatable bonds is 4. The molecule has 10 heteroatoms. The lowest BCUT2D eigenvalue weighted by Crippen LogP contribution is -2.23. The molecule has 25 heavy (non-hydrogen) atoms. The average molecular weight is 407 g/mol. The van der Waals surface area contributed by atoms with Gasteiger partial charge in [0.15, 0.2) is 0 Å². The number of nitrogens with one attached hydrogen (secondary N) is 1. The van der Waals surface area contributed by atoms with Gasteiger partial charge in [0.2, 0.25) is 10.0 Å². The molecule has 3 rings (SSSR count). The van der Waals surface area contributed by atoms with Crippen LogP contribution in [0.25, 0.3) is 10.2 Å². The van der Waals surface area contributed by atoms with Gasteiger partial charge in [-0.05, 0) is 30.3 Å². The quantitative estimate of drug-likeness (QED) is 0.696. The van der Waals surface area contributed by atoms with Crippen molar-refractivity contribution in [3.8, 4) is 0 Å². The maximum absolute atomic E-state index is 12.9. The Morgan fingerprint density at radius 3 is 2.56 bits per heavy atom. The summed E-state index contributed by atoms with van der Waals surface area (Å²) in [6.45, 7) is -0.119. The van der Waals surface area contributed by atoms with E-state index in [0.29, 0.717) is 11.1 Å². The van der Waals surface area contributed by atoms with Crippen molar-refractivity contribution in [1.82, 2.24) is 9.71 Å². The molecule has 0 aliphatic heterocycles. The van der Waals surface area contributed by atoms with Crippen LogP contribution in [-0.2, 0) is 22.7 Å². The molecule has 0 saturated heterocycles. The first-order valence-electron chi connectivity index (χ1n) is 6.88. The number of sulfonamides is 1. The number of aromatic nitrogens is 1. The molecule has 0 bridgehead atoms. The first kappa shape index (κ1) is 18.1. The van der Waals surface area contributed by atoms with Gasteiger partial charge >= 0.3 is 6.18 Å². The third-order valence-corrected chi connectivity index (χ3v) is 6.07. The van der Waals surface area contributed by atoms with Crippen LogP contribution in [0.15, 0.2) is 47.4 Å². The molecule has 0 unspecified atom stereocenters. The summed E-state index contributed by atoms with van der Waals surface area (Å²) in [6, 6.07) is 9.74. The van der Waals surface area contributed by atoms with E-state index in [4.69, 9.17) is 11.6 Å². The average Bonchev–Trinajstić information content (AvgIpc) is 2.95. The van der Waals surface area contributed by atoms with E-state index in [1.165, 1.54) is 11.3 Å². The van der Waals surface area contributed by atoms with Crippen molar-refractivity contribution in [2.24, 2.45) is 0 Å². The van der Waals surface area contributed by atoms with Crippen molar-refractivity contribution < 1.29 is 21.6 Å². The zero-order valence-electron chi connectivity index (χ0n) is 12.3. The lowest BCUT2D eigenvalue weighted by Gasteiger charge is -2.11.